The van der Waals surface area contributed by atoms with E-state index in [-0.39, 0.29) is 13.2 Å². The van der Waals surface area contributed by atoms with Crippen molar-refractivity contribution >= 4 is 39.7 Å². The van der Waals surface area contributed by atoms with Crippen LogP contribution in [0, 0.1) is 0 Å². The van der Waals surface area contributed by atoms with E-state index < -0.39 is 12.0 Å². The second kappa shape index (κ2) is 10.6. The summed E-state index contributed by atoms with van der Waals surface area (Å²) in [5, 5.41) is 4.66. The van der Waals surface area contributed by atoms with Gasteiger partial charge in [-0.3, -0.25) is 4.79 Å². The van der Waals surface area contributed by atoms with E-state index in [1.54, 1.807) is 31.4 Å². The van der Waals surface area contributed by atoms with Crippen LogP contribution in [0.15, 0.2) is 70.2 Å². The van der Waals surface area contributed by atoms with Gasteiger partial charge in [0, 0.05) is 10.6 Å². The number of hydrazone groups is 1. The highest BCUT2D eigenvalue weighted by atomic mass is 79.9. The van der Waals surface area contributed by atoms with E-state index in [9.17, 15) is 4.79 Å². The molecule has 1 N–H and O–H groups in total. The number of benzene rings is 3. The molecule has 0 saturated carbocycles. The zero-order valence-electron chi connectivity index (χ0n) is 17.6. The summed E-state index contributed by atoms with van der Waals surface area (Å²) in [6, 6.07) is 18.2. The molecule has 33 heavy (non-hydrogen) atoms. The van der Waals surface area contributed by atoms with E-state index in [1.807, 2.05) is 36.4 Å². The lowest BCUT2D eigenvalue weighted by molar-refractivity contribution is -0.130. The maximum atomic E-state index is 12.4. The van der Waals surface area contributed by atoms with Gasteiger partial charge in [0.1, 0.15) is 13.2 Å². The van der Waals surface area contributed by atoms with Crippen molar-refractivity contribution in [2.45, 2.75) is 12.7 Å². The number of nitrogens with zero attached hydrogens (tertiary/aromatic N) is 1. The minimum absolute atomic E-state index is 0.106. The number of fused-ring (bicyclic) bond motifs is 1. The Labute approximate surface area is 204 Å². The van der Waals surface area contributed by atoms with Crippen LogP contribution in [0.4, 0.5) is 0 Å². The Bertz CT molecular complexity index is 1190. The highest BCUT2D eigenvalue weighted by molar-refractivity contribution is 9.10. The minimum Gasteiger partial charge on any atom is -0.493 e. The summed E-state index contributed by atoms with van der Waals surface area (Å²) in [5.41, 5.74) is 4.03. The molecule has 0 saturated heterocycles. The molecule has 1 atom stereocenters. The van der Waals surface area contributed by atoms with Crippen LogP contribution in [-0.4, -0.2) is 31.9 Å². The molecular weight excluding hydrogens is 512 g/mol. The summed E-state index contributed by atoms with van der Waals surface area (Å²) >= 11 is 9.71. The summed E-state index contributed by atoms with van der Waals surface area (Å²) in [6.07, 6.45) is 0.708. The maximum absolute atomic E-state index is 12.4. The summed E-state index contributed by atoms with van der Waals surface area (Å²) < 4.78 is 23.3. The van der Waals surface area contributed by atoms with Crippen LogP contribution in [0.2, 0.25) is 5.02 Å². The van der Waals surface area contributed by atoms with E-state index in [0.717, 1.165) is 5.56 Å². The molecule has 0 aliphatic carbocycles. The van der Waals surface area contributed by atoms with E-state index in [4.69, 9.17) is 30.5 Å². The van der Waals surface area contributed by atoms with Gasteiger partial charge >= 0.3 is 0 Å². The molecule has 0 aromatic heterocycles. The van der Waals surface area contributed by atoms with E-state index in [1.165, 1.54) is 6.21 Å². The predicted octanol–water partition coefficient (Wildman–Crippen LogP) is 4.98. The Kier molecular flexibility index (Phi) is 7.36. The van der Waals surface area contributed by atoms with Crippen molar-refractivity contribution in [1.29, 1.82) is 0 Å². The zero-order valence-corrected chi connectivity index (χ0v) is 19.9. The molecular formula is C24H20BrClN2O5. The number of carbonyl (C=O) groups excluding carboxylic acids is 1. The van der Waals surface area contributed by atoms with Gasteiger partial charge in [-0.2, -0.15) is 5.10 Å². The van der Waals surface area contributed by atoms with Crippen LogP contribution in [0.25, 0.3) is 0 Å². The third-order valence-electron chi connectivity index (χ3n) is 4.77. The van der Waals surface area contributed by atoms with Crippen molar-refractivity contribution in [2.24, 2.45) is 5.10 Å². The van der Waals surface area contributed by atoms with Crippen LogP contribution in [0.3, 0.4) is 0 Å². The van der Waals surface area contributed by atoms with Gasteiger partial charge in [-0.15, -0.1) is 0 Å². The number of rotatable bonds is 7. The van der Waals surface area contributed by atoms with Crippen molar-refractivity contribution in [3.63, 3.8) is 0 Å². The normalized spacial score (nSPS) is 14.7. The molecule has 1 aliphatic heterocycles. The lowest BCUT2D eigenvalue weighted by atomic mass is 10.2. The van der Waals surface area contributed by atoms with Crippen LogP contribution < -0.4 is 24.4 Å². The molecule has 170 valence electrons. The summed E-state index contributed by atoms with van der Waals surface area (Å²) in [6.45, 7) is 0.389. The highest BCUT2D eigenvalue weighted by Gasteiger charge is 2.27. The van der Waals surface area contributed by atoms with Crippen molar-refractivity contribution < 1.29 is 23.7 Å². The van der Waals surface area contributed by atoms with Crippen LogP contribution in [0.1, 0.15) is 11.1 Å². The second-order valence-electron chi connectivity index (χ2n) is 7.01. The Morgan fingerprint density at radius 3 is 2.76 bits per heavy atom. The fraction of sp³-hybridized carbons (Fsp3) is 0.167. The number of para-hydroxylation sites is 2. The zero-order chi connectivity index (χ0) is 23.2. The van der Waals surface area contributed by atoms with Crippen LogP contribution in [0.5, 0.6) is 23.0 Å². The Hall–Kier alpha value is -3.23. The average Bonchev–Trinajstić information content (AvgIpc) is 2.83. The van der Waals surface area contributed by atoms with Gasteiger partial charge in [-0.1, -0.05) is 41.9 Å². The van der Waals surface area contributed by atoms with Gasteiger partial charge in [-0.05, 0) is 51.8 Å². The molecule has 1 heterocycles. The topological polar surface area (TPSA) is 78.4 Å². The minimum atomic E-state index is -0.793. The third-order valence-corrected chi connectivity index (χ3v) is 5.73. The van der Waals surface area contributed by atoms with Crippen LogP contribution >= 0.6 is 27.5 Å². The first kappa shape index (κ1) is 22.9. The monoisotopic (exact) mass is 530 g/mol. The molecule has 1 aliphatic rings. The third kappa shape index (κ3) is 5.58. The summed E-state index contributed by atoms with van der Waals surface area (Å²) in [4.78, 5) is 12.4. The first-order chi connectivity index (χ1) is 16.0. The number of methoxy groups -OCH3 is 1. The van der Waals surface area contributed by atoms with Gasteiger partial charge in [-0.25, -0.2) is 5.43 Å². The van der Waals surface area contributed by atoms with Crippen molar-refractivity contribution in [1.82, 2.24) is 5.43 Å². The average molecular weight is 532 g/mol. The molecule has 0 unspecified atom stereocenters. The second-order valence-corrected chi connectivity index (χ2v) is 8.27. The van der Waals surface area contributed by atoms with E-state index in [0.29, 0.717) is 38.1 Å². The summed E-state index contributed by atoms with van der Waals surface area (Å²) in [5.74, 6) is 1.76. The van der Waals surface area contributed by atoms with Crippen molar-refractivity contribution in [3.8, 4) is 23.0 Å². The molecule has 4 rings (SSSR count). The molecule has 0 spiro atoms. The number of carbonyl (C=O) groups is 1. The molecule has 0 bridgehead atoms. The lowest BCUT2D eigenvalue weighted by Crippen LogP contribution is -2.42. The number of amides is 1. The van der Waals surface area contributed by atoms with E-state index >= 15 is 0 Å². The number of halogens is 2. The predicted molar refractivity (Wildman–Crippen MR) is 129 cm³/mol. The quantitative estimate of drug-likeness (QED) is 0.344. The van der Waals surface area contributed by atoms with E-state index in [2.05, 4.69) is 26.5 Å². The molecule has 0 fully saturated rings. The first-order valence-corrected chi connectivity index (χ1v) is 11.2. The molecule has 0 radical (unpaired) electrons. The SMILES string of the molecule is COc1cc(/C=N\NC(=O)[C@@H]2COc3ccccc3O2)cc(Br)c1OCc1ccccc1Cl. The van der Waals surface area contributed by atoms with Crippen LogP contribution in [-0.2, 0) is 11.4 Å². The largest absolute Gasteiger partial charge is 0.493 e. The van der Waals surface area contributed by atoms with Crippen molar-refractivity contribution in [3.05, 3.63) is 81.3 Å². The maximum Gasteiger partial charge on any atom is 0.284 e. The molecule has 3 aromatic carbocycles. The molecule has 7 nitrogen and oxygen atoms in total. The Balaban J connectivity index is 1.39. The molecule has 9 heteroatoms. The van der Waals surface area contributed by atoms with Gasteiger partial charge in [0.2, 0.25) is 6.10 Å². The van der Waals surface area contributed by atoms with Gasteiger partial charge in [0.05, 0.1) is 17.8 Å². The van der Waals surface area contributed by atoms with Gasteiger partial charge in [0.25, 0.3) is 5.91 Å². The molecule has 3 aromatic rings. The number of hydrogen-bond donors (Lipinski definition) is 1. The standard InChI is InChI=1S/C24H20BrClN2O5/c1-30-21-11-15(10-17(25)23(21)32-13-16-6-2-3-7-18(16)26)12-27-28-24(29)22-14-31-19-8-4-5-9-20(19)33-22/h2-12,22H,13-14H2,1H3,(H,28,29)/b27-12-/t22-/m0/s1. The fourth-order valence-electron chi connectivity index (χ4n) is 3.11. The fourth-order valence-corrected chi connectivity index (χ4v) is 3.88. The Morgan fingerprint density at radius 2 is 1.97 bits per heavy atom. The molecule has 1 amide bonds. The Morgan fingerprint density at radius 1 is 1.21 bits per heavy atom. The van der Waals surface area contributed by atoms with Gasteiger partial charge in [0.15, 0.2) is 23.0 Å². The highest BCUT2D eigenvalue weighted by Crippen LogP contribution is 2.37. The summed E-state index contributed by atoms with van der Waals surface area (Å²) in [7, 11) is 1.55. The number of hydrogen-bond acceptors (Lipinski definition) is 6. The first-order valence-electron chi connectivity index (χ1n) is 10.0. The smallest absolute Gasteiger partial charge is 0.284 e. The number of nitrogens with one attached hydrogen (secondary N) is 1. The van der Waals surface area contributed by atoms with Crippen molar-refractivity contribution in [2.75, 3.05) is 13.7 Å². The number of ether oxygens (including phenoxy) is 4. The van der Waals surface area contributed by atoms with Gasteiger partial charge < -0.3 is 18.9 Å². The lowest BCUT2D eigenvalue weighted by Gasteiger charge is -2.24.